The molecule has 0 bridgehead atoms. The Morgan fingerprint density at radius 2 is 2.24 bits per heavy atom. The highest BCUT2D eigenvalue weighted by molar-refractivity contribution is 7.12. The fraction of sp³-hybridized carbons (Fsp3) is 0.615. The van der Waals surface area contributed by atoms with Gasteiger partial charge in [-0.2, -0.15) is 0 Å². The number of carboxylic acids is 1. The third-order valence-electron chi connectivity index (χ3n) is 3.60. The summed E-state index contributed by atoms with van der Waals surface area (Å²) in [5, 5.41) is 12.5. The molecule has 1 aliphatic carbocycles. The predicted molar refractivity (Wildman–Crippen MR) is 69.5 cm³/mol. The molecule has 2 N–H and O–H groups in total. The summed E-state index contributed by atoms with van der Waals surface area (Å²) in [7, 11) is 0. The van der Waals surface area contributed by atoms with Crippen molar-refractivity contribution in [2.45, 2.75) is 45.7 Å². The van der Waals surface area contributed by atoms with Gasteiger partial charge in [-0.3, -0.25) is 4.79 Å². The monoisotopic (exact) mass is 253 g/mol. The first kappa shape index (κ1) is 12.6. The molecule has 0 saturated heterocycles. The van der Waals surface area contributed by atoms with Crippen LogP contribution in [0.25, 0.3) is 0 Å². The highest BCUT2D eigenvalue weighted by Gasteiger charge is 2.37. The third kappa shape index (κ3) is 2.53. The van der Waals surface area contributed by atoms with Crippen LogP contribution in [0.5, 0.6) is 0 Å². The molecule has 1 aromatic heterocycles. The highest BCUT2D eigenvalue weighted by atomic mass is 32.1. The molecule has 94 valence electrons. The maximum absolute atomic E-state index is 10.9. The van der Waals surface area contributed by atoms with E-state index >= 15 is 0 Å². The van der Waals surface area contributed by atoms with Gasteiger partial charge in [0, 0.05) is 21.8 Å². The summed E-state index contributed by atoms with van der Waals surface area (Å²) in [6.45, 7) is 6.35. The van der Waals surface area contributed by atoms with Gasteiger partial charge in [0.25, 0.3) is 0 Å². The predicted octanol–water partition coefficient (Wildman–Crippen LogP) is 2.88. The molecular weight excluding hydrogens is 234 g/mol. The Labute approximate surface area is 106 Å². The van der Waals surface area contributed by atoms with Gasteiger partial charge >= 0.3 is 5.97 Å². The van der Waals surface area contributed by atoms with E-state index in [9.17, 15) is 4.79 Å². The summed E-state index contributed by atoms with van der Waals surface area (Å²) in [5.41, 5.74) is 1.31. The lowest BCUT2D eigenvalue weighted by Gasteiger charge is -2.36. The van der Waals surface area contributed by atoms with E-state index in [1.54, 1.807) is 11.3 Å². The summed E-state index contributed by atoms with van der Waals surface area (Å²) in [6.07, 6.45) is 1.78. The molecule has 1 aliphatic rings. The lowest BCUT2D eigenvalue weighted by molar-refractivity contribution is -0.146. The molecule has 0 amide bonds. The van der Waals surface area contributed by atoms with E-state index < -0.39 is 5.97 Å². The van der Waals surface area contributed by atoms with E-state index in [-0.39, 0.29) is 18.0 Å². The van der Waals surface area contributed by atoms with Crippen LogP contribution in [-0.4, -0.2) is 17.1 Å². The summed E-state index contributed by atoms with van der Waals surface area (Å²) >= 11 is 1.80. The van der Waals surface area contributed by atoms with Gasteiger partial charge in [0.2, 0.25) is 0 Å². The number of carboxylic acid groups (broad SMARTS) is 1. The van der Waals surface area contributed by atoms with Crippen molar-refractivity contribution in [3.8, 4) is 0 Å². The van der Waals surface area contributed by atoms with Crippen LogP contribution in [0.3, 0.4) is 0 Å². The van der Waals surface area contributed by atoms with Gasteiger partial charge in [-0.05, 0) is 45.2 Å². The minimum Gasteiger partial charge on any atom is -0.481 e. The molecular formula is C13H19NO2S. The average molecular weight is 253 g/mol. The van der Waals surface area contributed by atoms with Crippen molar-refractivity contribution in [1.82, 2.24) is 5.32 Å². The molecule has 0 aromatic carbocycles. The standard InChI is InChI=1S/C13H19NO2S/c1-7-6-11(9(3)17-7)8(2)14-12-5-4-10(12)13(15)16/h6,8,10,12,14H,4-5H2,1-3H3,(H,15,16). The number of aryl methyl sites for hydroxylation is 2. The zero-order chi connectivity index (χ0) is 12.6. The average Bonchev–Trinajstić information content (AvgIpc) is 2.51. The van der Waals surface area contributed by atoms with Gasteiger partial charge in [-0.15, -0.1) is 11.3 Å². The molecule has 1 saturated carbocycles. The van der Waals surface area contributed by atoms with Crippen LogP contribution in [-0.2, 0) is 4.79 Å². The zero-order valence-electron chi connectivity index (χ0n) is 10.5. The maximum Gasteiger partial charge on any atom is 0.308 e. The Morgan fingerprint density at radius 1 is 1.53 bits per heavy atom. The lowest BCUT2D eigenvalue weighted by atomic mass is 9.79. The fourth-order valence-electron chi connectivity index (χ4n) is 2.49. The molecule has 17 heavy (non-hydrogen) atoms. The zero-order valence-corrected chi connectivity index (χ0v) is 11.3. The highest BCUT2D eigenvalue weighted by Crippen LogP contribution is 2.32. The normalized spacial score (nSPS) is 25.4. The molecule has 0 radical (unpaired) electrons. The number of nitrogens with one attached hydrogen (secondary N) is 1. The second-order valence-corrected chi connectivity index (χ2v) is 6.35. The maximum atomic E-state index is 10.9. The summed E-state index contributed by atoms with van der Waals surface area (Å²) < 4.78 is 0. The van der Waals surface area contributed by atoms with E-state index in [1.165, 1.54) is 15.3 Å². The molecule has 1 aromatic rings. The Bertz CT molecular complexity index is 427. The third-order valence-corrected chi connectivity index (χ3v) is 4.58. The first-order chi connectivity index (χ1) is 7.99. The topological polar surface area (TPSA) is 49.3 Å². The van der Waals surface area contributed by atoms with Crippen LogP contribution in [0.2, 0.25) is 0 Å². The van der Waals surface area contributed by atoms with Gasteiger partial charge < -0.3 is 10.4 Å². The molecule has 3 nitrogen and oxygen atoms in total. The first-order valence-electron chi connectivity index (χ1n) is 6.05. The van der Waals surface area contributed by atoms with Crippen molar-refractivity contribution < 1.29 is 9.90 Å². The van der Waals surface area contributed by atoms with E-state index in [4.69, 9.17) is 5.11 Å². The molecule has 1 fully saturated rings. The molecule has 3 atom stereocenters. The largest absolute Gasteiger partial charge is 0.481 e. The second-order valence-electron chi connectivity index (χ2n) is 4.89. The molecule has 2 rings (SSSR count). The molecule has 1 heterocycles. The number of thiophene rings is 1. The van der Waals surface area contributed by atoms with Crippen molar-refractivity contribution in [3.05, 3.63) is 21.4 Å². The number of rotatable bonds is 4. The van der Waals surface area contributed by atoms with Crippen molar-refractivity contribution in [3.63, 3.8) is 0 Å². The minimum atomic E-state index is -0.667. The quantitative estimate of drug-likeness (QED) is 0.867. The Hall–Kier alpha value is -0.870. The molecule has 3 unspecified atom stereocenters. The van der Waals surface area contributed by atoms with Crippen molar-refractivity contribution in [1.29, 1.82) is 0 Å². The Kier molecular flexibility index (Phi) is 3.54. The van der Waals surface area contributed by atoms with Crippen LogP contribution in [0.1, 0.15) is 41.1 Å². The lowest BCUT2D eigenvalue weighted by Crippen LogP contribution is -2.48. The molecule has 4 heteroatoms. The fourth-order valence-corrected chi connectivity index (χ4v) is 3.51. The van der Waals surface area contributed by atoms with Crippen LogP contribution in [0, 0.1) is 19.8 Å². The Balaban J connectivity index is 2.00. The number of aliphatic carboxylic acids is 1. The van der Waals surface area contributed by atoms with Crippen LogP contribution >= 0.6 is 11.3 Å². The number of carbonyl (C=O) groups is 1. The van der Waals surface area contributed by atoms with Gasteiger partial charge in [-0.1, -0.05) is 0 Å². The minimum absolute atomic E-state index is 0.141. The van der Waals surface area contributed by atoms with Crippen molar-refractivity contribution in [2.75, 3.05) is 0 Å². The number of hydrogen-bond donors (Lipinski definition) is 2. The second kappa shape index (κ2) is 4.78. The molecule has 0 spiro atoms. The first-order valence-corrected chi connectivity index (χ1v) is 6.86. The SMILES string of the molecule is Cc1cc(C(C)NC2CCC2C(=O)O)c(C)s1. The van der Waals surface area contributed by atoms with Crippen molar-refractivity contribution >= 4 is 17.3 Å². The van der Waals surface area contributed by atoms with E-state index in [0.717, 1.165) is 12.8 Å². The van der Waals surface area contributed by atoms with E-state index in [2.05, 4.69) is 32.2 Å². The van der Waals surface area contributed by atoms with Gasteiger partial charge in [0.05, 0.1) is 5.92 Å². The van der Waals surface area contributed by atoms with Crippen LogP contribution in [0.15, 0.2) is 6.07 Å². The molecule has 0 aliphatic heterocycles. The van der Waals surface area contributed by atoms with E-state index in [0.29, 0.717) is 0 Å². The van der Waals surface area contributed by atoms with Crippen molar-refractivity contribution in [2.24, 2.45) is 5.92 Å². The number of hydrogen-bond acceptors (Lipinski definition) is 3. The van der Waals surface area contributed by atoms with Gasteiger partial charge in [0.1, 0.15) is 0 Å². The van der Waals surface area contributed by atoms with Crippen LogP contribution in [0.4, 0.5) is 0 Å². The van der Waals surface area contributed by atoms with Gasteiger partial charge in [0.15, 0.2) is 0 Å². The van der Waals surface area contributed by atoms with Gasteiger partial charge in [-0.25, -0.2) is 0 Å². The Morgan fingerprint density at radius 3 is 2.65 bits per heavy atom. The van der Waals surface area contributed by atoms with E-state index in [1.807, 2.05) is 0 Å². The van der Waals surface area contributed by atoms with Crippen LogP contribution < -0.4 is 5.32 Å². The summed E-state index contributed by atoms with van der Waals surface area (Å²) in [5.74, 6) is -0.864. The summed E-state index contributed by atoms with van der Waals surface area (Å²) in [4.78, 5) is 13.6. The smallest absolute Gasteiger partial charge is 0.308 e. The summed E-state index contributed by atoms with van der Waals surface area (Å²) in [6, 6.07) is 2.58.